The fourth-order valence-electron chi connectivity index (χ4n) is 2.06. The molecule has 102 valence electrons. The van der Waals surface area contributed by atoms with Gasteiger partial charge in [-0.25, -0.2) is 0 Å². The molecule has 0 aliphatic heterocycles. The Hall–Kier alpha value is -1.68. The van der Waals surface area contributed by atoms with Gasteiger partial charge in [0.25, 0.3) is 5.89 Å². The maximum absolute atomic E-state index is 5.75. The van der Waals surface area contributed by atoms with Gasteiger partial charge in [-0.2, -0.15) is 4.98 Å². The van der Waals surface area contributed by atoms with E-state index in [4.69, 9.17) is 10.3 Å². The Bertz CT molecular complexity index is 553. The average molecular weight is 259 g/mol. The molecule has 0 aliphatic rings. The maximum Gasteiger partial charge on any atom is 0.258 e. The van der Waals surface area contributed by atoms with Crippen LogP contribution in [0.2, 0.25) is 0 Å². The minimum absolute atomic E-state index is 0.0308. The first kappa shape index (κ1) is 13.7. The summed E-state index contributed by atoms with van der Waals surface area (Å²) in [5, 5.41) is 3.99. The van der Waals surface area contributed by atoms with Crippen LogP contribution in [0.1, 0.15) is 39.1 Å². The standard InChI is InChI=1S/C15H21N3O/c1-10(16)9-13-17-14(19-18-13)11-7-5-6-8-12(11)15(2,3)4/h5-8,10H,9,16H2,1-4H3. The first-order valence-electron chi connectivity index (χ1n) is 6.56. The van der Waals surface area contributed by atoms with Gasteiger partial charge in [-0.05, 0) is 24.0 Å². The molecule has 2 rings (SSSR count). The van der Waals surface area contributed by atoms with E-state index in [0.29, 0.717) is 18.1 Å². The van der Waals surface area contributed by atoms with Crippen molar-refractivity contribution in [2.24, 2.45) is 5.73 Å². The highest BCUT2D eigenvalue weighted by Gasteiger charge is 2.21. The molecule has 4 heteroatoms. The van der Waals surface area contributed by atoms with Gasteiger partial charge in [-0.1, -0.05) is 44.1 Å². The number of nitrogens with two attached hydrogens (primary N) is 1. The van der Waals surface area contributed by atoms with Crippen molar-refractivity contribution in [3.63, 3.8) is 0 Å². The molecule has 0 saturated carbocycles. The van der Waals surface area contributed by atoms with E-state index in [-0.39, 0.29) is 11.5 Å². The second kappa shape index (κ2) is 5.13. The van der Waals surface area contributed by atoms with Crippen LogP contribution >= 0.6 is 0 Å². The molecule has 0 saturated heterocycles. The van der Waals surface area contributed by atoms with Crippen molar-refractivity contribution in [1.29, 1.82) is 0 Å². The summed E-state index contributed by atoms with van der Waals surface area (Å²) in [5.41, 5.74) is 7.98. The van der Waals surface area contributed by atoms with Crippen molar-refractivity contribution in [2.45, 2.75) is 45.6 Å². The lowest BCUT2D eigenvalue weighted by Crippen LogP contribution is -2.18. The lowest BCUT2D eigenvalue weighted by Gasteiger charge is -2.21. The molecule has 0 radical (unpaired) electrons. The van der Waals surface area contributed by atoms with Crippen LogP contribution in [0.25, 0.3) is 11.5 Å². The largest absolute Gasteiger partial charge is 0.334 e. The van der Waals surface area contributed by atoms with E-state index in [2.05, 4.69) is 37.0 Å². The van der Waals surface area contributed by atoms with Gasteiger partial charge in [0, 0.05) is 18.0 Å². The van der Waals surface area contributed by atoms with Gasteiger partial charge in [0.05, 0.1) is 0 Å². The number of hydrogen-bond donors (Lipinski definition) is 1. The third-order valence-corrected chi connectivity index (χ3v) is 2.94. The molecule has 0 fully saturated rings. The Balaban J connectivity index is 2.39. The predicted octanol–water partition coefficient (Wildman–Crippen LogP) is 2.92. The zero-order valence-electron chi connectivity index (χ0n) is 12.0. The first-order chi connectivity index (χ1) is 8.88. The summed E-state index contributed by atoms with van der Waals surface area (Å²) in [6.07, 6.45) is 0.626. The summed E-state index contributed by atoms with van der Waals surface area (Å²) < 4.78 is 5.37. The monoisotopic (exact) mass is 259 g/mol. The van der Waals surface area contributed by atoms with Gasteiger partial charge < -0.3 is 10.3 Å². The Morgan fingerprint density at radius 2 is 1.95 bits per heavy atom. The molecule has 1 heterocycles. The summed E-state index contributed by atoms with van der Waals surface area (Å²) in [6.45, 7) is 8.44. The van der Waals surface area contributed by atoms with Crippen molar-refractivity contribution >= 4 is 0 Å². The van der Waals surface area contributed by atoms with Crippen molar-refractivity contribution < 1.29 is 4.52 Å². The Labute approximate surface area is 114 Å². The molecule has 1 atom stereocenters. The summed E-state index contributed by atoms with van der Waals surface area (Å²) >= 11 is 0. The molecule has 1 aromatic carbocycles. The van der Waals surface area contributed by atoms with Crippen molar-refractivity contribution in [3.05, 3.63) is 35.7 Å². The van der Waals surface area contributed by atoms with E-state index < -0.39 is 0 Å². The quantitative estimate of drug-likeness (QED) is 0.920. The Morgan fingerprint density at radius 3 is 2.58 bits per heavy atom. The molecule has 0 aliphatic carbocycles. The predicted molar refractivity (Wildman–Crippen MR) is 75.8 cm³/mol. The van der Waals surface area contributed by atoms with Crippen LogP contribution in [0.5, 0.6) is 0 Å². The van der Waals surface area contributed by atoms with Crippen molar-refractivity contribution in [3.8, 4) is 11.5 Å². The number of nitrogens with zero attached hydrogens (tertiary/aromatic N) is 2. The molecule has 2 N–H and O–H groups in total. The zero-order chi connectivity index (χ0) is 14.0. The molecule has 0 bridgehead atoms. The topological polar surface area (TPSA) is 64.9 Å². The Morgan fingerprint density at radius 1 is 1.26 bits per heavy atom. The van der Waals surface area contributed by atoms with Gasteiger partial charge in [0.1, 0.15) is 0 Å². The normalized spacial score (nSPS) is 13.5. The lowest BCUT2D eigenvalue weighted by molar-refractivity contribution is 0.419. The van der Waals surface area contributed by atoms with E-state index in [1.54, 1.807) is 0 Å². The molecule has 0 amide bonds. The van der Waals surface area contributed by atoms with E-state index in [1.165, 1.54) is 5.56 Å². The minimum atomic E-state index is 0.0308. The summed E-state index contributed by atoms with van der Waals surface area (Å²) in [6, 6.07) is 8.17. The van der Waals surface area contributed by atoms with Crippen LogP contribution in [0.3, 0.4) is 0 Å². The summed E-state index contributed by atoms with van der Waals surface area (Å²) in [4.78, 5) is 4.44. The van der Waals surface area contributed by atoms with Crippen LogP contribution < -0.4 is 5.73 Å². The van der Waals surface area contributed by atoms with Crippen LogP contribution in [0.15, 0.2) is 28.8 Å². The van der Waals surface area contributed by atoms with Gasteiger partial charge >= 0.3 is 0 Å². The molecule has 1 aromatic heterocycles. The van der Waals surface area contributed by atoms with Crippen molar-refractivity contribution in [2.75, 3.05) is 0 Å². The third kappa shape index (κ3) is 3.20. The van der Waals surface area contributed by atoms with Crippen LogP contribution in [0, 0.1) is 0 Å². The van der Waals surface area contributed by atoms with Crippen LogP contribution in [0.4, 0.5) is 0 Å². The number of benzene rings is 1. The highest BCUT2D eigenvalue weighted by molar-refractivity contribution is 5.60. The van der Waals surface area contributed by atoms with Crippen LogP contribution in [-0.2, 0) is 11.8 Å². The van der Waals surface area contributed by atoms with Gasteiger partial charge in [0.15, 0.2) is 5.82 Å². The molecule has 4 nitrogen and oxygen atoms in total. The summed E-state index contributed by atoms with van der Waals surface area (Å²) in [7, 11) is 0. The molecule has 19 heavy (non-hydrogen) atoms. The number of aromatic nitrogens is 2. The average Bonchev–Trinajstić information content (AvgIpc) is 2.75. The second-order valence-electron chi connectivity index (χ2n) is 5.99. The van der Waals surface area contributed by atoms with E-state index in [9.17, 15) is 0 Å². The first-order valence-corrected chi connectivity index (χ1v) is 6.56. The smallest absolute Gasteiger partial charge is 0.258 e. The van der Waals surface area contributed by atoms with Gasteiger partial charge in [0.2, 0.25) is 0 Å². The zero-order valence-corrected chi connectivity index (χ0v) is 12.0. The molecule has 2 aromatic rings. The lowest BCUT2D eigenvalue weighted by atomic mass is 9.84. The maximum atomic E-state index is 5.75. The van der Waals surface area contributed by atoms with Gasteiger partial charge in [-0.15, -0.1) is 0 Å². The van der Waals surface area contributed by atoms with E-state index in [0.717, 1.165) is 5.56 Å². The SMILES string of the molecule is CC(N)Cc1noc(-c2ccccc2C(C)(C)C)n1. The number of hydrogen-bond acceptors (Lipinski definition) is 4. The minimum Gasteiger partial charge on any atom is -0.334 e. The van der Waals surface area contributed by atoms with Crippen LogP contribution in [-0.4, -0.2) is 16.2 Å². The summed E-state index contributed by atoms with van der Waals surface area (Å²) in [5.74, 6) is 1.23. The molecular formula is C15H21N3O. The molecule has 0 spiro atoms. The van der Waals surface area contributed by atoms with E-state index in [1.807, 2.05) is 25.1 Å². The van der Waals surface area contributed by atoms with E-state index >= 15 is 0 Å². The highest BCUT2D eigenvalue weighted by Crippen LogP contribution is 2.31. The Kier molecular flexibility index (Phi) is 3.71. The molecule has 1 unspecified atom stereocenters. The molecular weight excluding hydrogens is 238 g/mol. The fraction of sp³-hybridized carbons (Fsp3) is 0.467. The van der Waals surface area contributed by atoms with Gasteiger partial charge in [-0.3, -0.25) is 0 Å². The fourth-order valence-corrected chi connectivity index (χ4v) is 2.06. The second-order valence-corrected chi connectivity index (χ2v) is 5.99. The number of rotatable bonds is 3. The third-order valence-electron chi connectivity index (χ3n) is 2.94. The van der Waals surface area contributed by atoms with Crippen molar-refractivity contribution in [1.82, 2.24) is 10.1 Å². The highest BCUT2D eigenvalue weighted by atomic mass is 16.5.